The molecule has 0 aromatic heterocycles. The lowest BCUT2D eigenvalue weighted by molar-refractivity contribution is -0.144. The minimum atomic E-state index is -0.925. The molecule has 0 radical (unpaired) electrons. The third-order valence-electron chi connectivity index (χ3n) is 3.95. The van der Waals surface area contributed by atoms with Crippen molar-refractivity contribution in [2.75, 3.05) is 5.75 Å². The molecule has 2 rings (SSSR count). The number of carboxylic acids is 1. The minimum Gasteiger partial charge on any atom is -0.481 e. The maximum absolute atomic E-state index is 12.1. The Labute approximate surface area is 135 Å². The molecule has 1 aliphatic rings. The highest BCUT2D eigenvalue weighted by atomic mass is 32.2. The molecule has 0 spiro atoms. The van der Waals surface area contributed by atoms with Gasteiger partial charge in [-0.2, -0.15) is 0 Å². The highest BCUT2D eigenvalue weighted by molar-refractivity contribution is 7.99. The summed E-state index contributed by atoms with van der Waals surface area (Å²) in [6, 6.07) is 9.70. The van der Waals surface area contributed by atoms with E-state index in [4.69, 9.17) is 4.74 Å². The Morgan fingerprint density at radius 3 is 2.64 bits per heavy atom. The average Bonchev–Trinajstić information content (AvgIpc) is 2.82. The summed E-state index contributed by atoms with van der Waals surface area (Å²) in [5, 5.41) is 9.48. The highest BCUT2D eigenvalue weighted by Crippen LogP contribution is 2.35. The summed E-state index contributed by atoms with van der Waals surface area (Å²) < 4.78 is 5.35. The van der Waals surface area contributed by atoms with Crippen molar-refractivity contribution >= 4 is 23.7 Å². The molecule has 1 N–H and O–H groups in total. The van der Waals surface area contributed by atoms with Crippen molar-refractivity contribution in [3.8, 4) is 0 Å². The predicted octanol–water partition coefficient (Wildman–Crippen LogP) is 3.60. The molecule has 4 nitrogen and oxygen atoms in total. The second-order valence-corrected chi connectivity index (χ2v) is 6.66. The summed E-state index contributed by atoms with van der Waals surface area (Å²) in [5.41, 5.74) is 0. The first-order valence-corrected chi connectivity index (χ1v) is 8.73. The van der Waals surface area contributed by atoms with Gasteiger partial charge in [0.25, 0.3) is 0 Å². The lowest BCUT2D eigenvalue weighted by Gasteiger charge is -2.16. The molecule has 1 saturated heterocycles. The summed E-state index contributed by atoms with van der Waals surface area (Å²) >= 11 is 1.51. The number of thioether (sulfide) groups is 1. The fourth-order valence-corrected chi connectivity index (χ4v) is 3.82. The zero-order valence-electron chi connectivity index (χ0n) is 12.7. The van der Waals surface area contributed by atoms with E-state index >= 15 is 0 Å². The van der Waals surface area contributed by atoms with Crippen LogP contribution in [0.3, 0.4) is 0 Å². The van der Waals surface area contributed by atoms with Crippen LogP contribution in [0.15, 0.2) is 35.2 Å². The first-order valence-electron chi connectivity index (χ1n) is 7.74. The van der Waals surface area contributed by atoms with Crippen LogP contribution in [0.2, 0.25) is 0 Å². The Hall–Kier alpha value is -1.49. The second kappa shape index (κ2) is 8.22. The predicted molar refractivity (Wildman–Crippen MR) is 85.8 cm³/mol. The topological polar surface area (TPSA) is 63.6 Å². The molecular weight excluding hydrogens is 300 g/mol. The SMILES string of the molecule is CCCCC[C@@H]1OC(=O)C(CSc2ccccc2)[C@H]1C(=O)O. The van der Waals surface area contributed by atoms with Crippen LogP contribution < -0.4 is 0 Å². The van der Waals surface area contributed by atoms with Crippen molar-refractivity contribution in [1.29, 1.82) is 0 Å². The molecule has 0 saturated carbocycles. The number of esters is 1. The van der Waals surface area contributed by atoms with E-state index in [0.717, 1.165) is 24.2 Å². The smallest absolute Gasteiger partial charge is 0.311 e. The average molecular weight is 322 g/mol. The molecule has 1 aliphatic heterocycles. The van der Waals surface area contributed by atoms with Gasteiger partial charge in [-0.15, -0.1) is 11.8 Å². The number of carbonyl (C=O) groups excluding carboxylic acids is 1. The largest absolute Gasteiger partial charge is 0.481 e. The van der Waals surface area contributed by atoms with Crippen LogP contribution in [0, 0.1) is 11.8 Å². The van der Waals surface area contributed by atoms with Crippen LogP contribution >= 0.6 is 11.8 Å². The van der Waals surface area contributed by atoms with Crippen LogP contribution in [0.25, 0.3) is 0 Å². The van der Waals surface area contributed by atoms with Crippen molar-refractivity contribution < 1.29 is 19.4 Å². The van der Waals surface area contributed by atoms with Gasteiger partial charge in [0.05, 0.1) is 5.92 Å². The number of cyclic esters (lactones) is 1. The second-order valence-electron chi connectivity index (χ2n) is 5.57. The summed E-state index contributed by atoms with van der Waals surface area (Å²) in [4.78, 5) is 24.7. The van der Waals surface area contributed by atoms with Gasteiger partial charge < -0.3 is 9.84 Å². The van der Waals surface area contributed by atoms with E-state index in [1.165, 1.54) is 11.8 Å². The Morgan fingerprint density at radius 2 is 2.00 bits per heavy atom. The van der Waals surface area contributed by atoms with E-state index < -0.39 is 23.9 Å². The molecule has 1 fully saturated rings. The van der Waals surface area contributed by atoms with Crippen LogP contribution in [-0.2, 0) is 14.3 Å². The third-order valence-corrected chi connectivity index (χ3v) is 5.09. The number of benzene rings is 1. The van der Waals surface area contributed by atoms with Gasteiger partial charge in [0.15, 0.2) is 0 Å². The van der Waals surface area contributed by atoms with Crippen LogP contribution in [0.1, 0.15) is 32.6 Å². The van der Waals surface area contributed by atoms with E-state index in [2.05, 4.69) is 6.92 Å². The summed E-state index contributed by atoms with van der Waals surface area (Å²) in [7, 11) is 0. The molecule has 1 aromatic carbocycles. The molecule has 22 heavy (non-hydrogen) atoms. The fraction of sp³-hybridized carbons (Fsp3) is 0.529. The number of aliphatic carboxylic acids is 1. The van der Waals surface area contributed by atoms with Crippen LogP contribution in [0.5, 0.6) is 0 Å². The number of hydrogen-bond acceptors (Lipinski definition) is 4. The highest BCUT2D eigenvalue weighted by Gasteiger charge is 2.48. The number of unbranched alkanes of at least 4 members (excludes halogenated alkanes) is 2. The van der Waals surface area contributed by atoms with Gasteiger partial charge in [-0.05, 0) is 25.0 Å². The Balaban J connectivity index is 1.98. The van der Waals surface area contributed by atoms with Gasteiger partial charge in [-0.25, -0.2) is 0 Å². The quantitative estimate of drug-likeness (QED) is 0.450. The lowest BCUT2D eigenvalue weighted by Crippen LogP contribution is -2.30. The van der Waals surface area contributed by atoms with E-state index in [9.17, 15) is 14.7 Å². The molecule has 3 atom stereocenters. The van der Waals surface area contributed by atoms with Gasteiger partial charge in [-0.3, -0.25) is 9.59 Å². The van der Waals surface area contributed by atoms with Crippen molar-refractivity contribution in [3.05, 3.63) is 30.3 Å². The monoisotopic (exact) mass is 322 g/mol. The van der Waals surface area contributed by atoms with E-state index in [1.807, 2.05) is 30.3 Å². The Morgan fingerprint density at radius 1 is 1.27 bits per heavy atom. The molecule has 1 unspecified atom stereocenters. The van der Waals surface area contributed by atoms with Crippen molar-refractivity contribution in [2.45, 2.75) is 43.6 Å². The first-order chi connectivity index (χ1) is 10.6. The number of carboxylic acid groups (broad SMARTS) is 1. The molecule has 0 amide bonds. The molecule has 0 bridgehead atoms. The Kier molecular flexibility index (Phi) is 6.31. The number of carbonyl (C=O) groups is 2. The molecule has 120 valence electrons. The summed E-state index contributed by atoms with van der Waals surface area (Å²) in [6.45, 7) is 2.09. The number of hydrogen-bond donors (Lipinski definition) is 1. The van der Waals surface area contributed by atoms with Gasteiger partial charge in [0.2, 0.25) is 0 Å². The zero-order chi connectivity index (χ0) is 15.9. The summed E-state index contributed by atoms with van der Waals surface area (Å²) in [6.07, 6.45) is 3.16. The normalized spacial score (nSPS) is 24.2. The van der Waals surface area contributed by atoms with Crippen molar-refractivity contribution in [2.24, 2.45) is 11.8 Å². The first kappa shape index (κ1) is 16.9. The van der Waals surface area contributed by atoms with Gasteiger partial charge in [0, 0.05) is 10.6 Å². The third kappa shape index (κ3) is 4.26. The summed E-state index contributed by atoms with van der Waals surface area (Å²) in [5.74, 6) is -2.12. The molecule has 0 aliphatic carbocycles. The molecule has 1 heterocycles. The van der Waals surface area contributed by atoms with E-state index in [-0.39, 0.29) is 5.97 Å². The van der Waals surface area contributed by atoms with Gasteiger partial charge >= 0.3 is 11.9 Å². The van der Waals surface area contributed by atoms with Crippen LogP contribution in [0.4, 0.5) is 0 Å². The van der Waals surface area contributed by atoms with Crippen molar-refractivity contribution in [3.63, 3.8) is 0 Å². The number of ether oxygens (including phenoxy) is 1. The minimum absolute atomic E-state index is 0.364. The maximum atomic E-state index is 12.1. The van der Waals surface area contributed by atoms with Crippen molar-refractivity contribution in [1.82, 2.24) is 0 Å². The molecule has 1 aromatic rings. The molecular formula is C17H22O4S. The standard InChI is InChI=1S/C17H22O4S/c1-2-3-5-10-14-15(16(18)19)13(17(20)21-14)11-22-12-8-6-4-7-9-12/h4,6-9,13-15H,2-3,5,10-11H2,1H3,(H,18,19)/t13?,14-,15+/m0/s1. The van der Waals surface area contributed by atoms with Gasteiger partial charge in [-0.1, -0.05) is 38.0 Å². The zero-order valence-corrected chi connectivity index (χ0v) is 13.6. The Bertz CT molecular complexity index is 503. The number of rotatable bonds is 8. The van der Waals surface area contributed by atoms with Gasteiger partial charge in [0.1, 0.15) is 12.0 Å². The van der Waals surface area contributed by atoms with E-state index in [1.54, 1.807) is 0 Å². The maximum Gasteiger partial charge on any atom is 0.311 e. The fourth-order valence-electron chi connectivity index (χ4n) is 2.76. The van der Waals surface area contributed by atoms with E-state index in [0.29, 0.717) is 12.2 Å². The van der Waals surface area contributed by atoms with Crippen LogP contribution in [-0.4, -0.2) is 28.9 Å². The lowest BCUT2D eigenvalue weighted by atomic mass is 9.89. The molecule has 5 heteroatoms.